The van der Waals surface area contributed by atoms with Gasteiger partial charge in [-0.1, -0.05) is 6.07 Å². The fourth-order valence-corrected chi connectivity index (χ4v) is 1.26. The number of nitrogens with zero attached hydrogens (tertiary/aromatic N) is 2. The van der Waals surface area contributed by atoms with Gasteiger partial charge in [0.1, 0.15) is 5.49 Å². The largest absolute Gasteiger partial charge is 0.312 e. The van der Waals surface area contributed by atoms with E-state index in [0.717, 1.165) is 5.69 Å². The number of nitrogens with one attached hydrogen (secondary N) is 1. The van der Waals surface area contributed by atoms with Gasteiger partial charge < -0.3 is 5.01 Å². The van der Waals surface area contributed by atoms with E-state index >= 15 is 0 Å². The second-order valence-corrected chi connectivity index (χ2v) is 3.53. The third-order valence-corrected chi connectivity index (χ3v) is 2.22. The Balaban J connectivity index is 3.20. The number of pyridine rings is 1. The van der Waals surface area contributed by atoms with Crippen LogP contribution < -0.4 is 10.5 Å². The third kappa shape index (κ3) is 1.91. The number of hydrogen-bond acceptors (Lipinski definition) is 2. The van der Waals surface area contributed by atoms with Crippen LogP contribution >= 0.6 is 0 Å². The Morgan fingerprint density at radius 1 is 1.38 bits per heavy atom. The highest BCUT2D eigenvalue weighted by molar-refractivity contribution is 5.07. The van der Waals surface area contributed by atoms with Crippen LogP contribution in [0.3, 0.4) is 0 Å². The van der Waals surface area contributed by atoms with Crippen molar-refractivity contribution in [3.8, 4) is 0 Å². The normalized spacial score (nSPS) is 10.5. The predicted molar refractivity (Wildman–Crippen MR) is 54.3 cm³/mol. The van der Waals surface area contributed by atoms with Crippen molar-refractivity contribution >= 4 is 0 Å². The molecule has 1 aromatic heterocycles. The third-order valence-electron chi connectivity index (χ3n) is 2.22. The number of hydrogen-bond donors (Lipinski definition) is 1. The van der Waals surface area contributed by atoms with Crippen LogP contribution in [0.2, 0.25) is 0 Å². The second-order valence-electron chi connectivity index (χ2n) is 3.53. The van der Waals surface area contributed by atoms with Crippen molar-refractivity contribution in [3.05, 3.63) is 29.4 Å². The molecule has 0 aliphatic heterocycles. The van der Waals surface area contributed by atoms with Crippen molar-refractivity contribution in [2.75, 3.05) is 12.1 Å². The topological polar surface area (TPSA) is 32.0 Å². The summed E-state index contributed by atoms with van der Waals surface area (Å²) < 4.78 is 1.91. The zero-order valence-electron chi connectivity index (χ0n) is 8.70. The Hall–Kier alpha value is -1.25. The lowest BCUT2D eigenvalue weighted by molar-refractivity contribution is 0.535. The lowest BCUT2D eigenvalue weighted by atomic mass is 10.3. The van der Waals surface area contributed by atoms with Crippen molar-refractivity contribution < 1.29 is 0 Å². The Bertz CT molecular complexity index is 338. The first kappa shape index (κ1) is 9.84. The molecule has 0 saturated heterocycles. The van der Waals surface area contributed by atoms with Crippen LogP contribution in [0.1, 0.15) is 19.5 Å². The molecule has 1 aromatic rings. The van der Waals surface area contributed by atoms with Crippen molar-refractivity contribution in [2.45, 2.75) is 26.8 Å². The first-order valence-electron chi connectivity index (χ1n) is 4.50. The number of aromatic nitrogens is 1. The van der Waals surface area contributed by atoms with Crippen molar-refractivity contribution in [2.24, 2.45) is 0 Å². The minimum Gasteiger partial charge on any atom is -0.312 e. The van der Waals surface area contributed by atoms with E-state index in [1.54, 1.807) is 6.07 Å². The SMILES string of the molecule is Cc1cccc(=N)n1N(C)C(C)C. The maximum Gasteiger partial charge on any atom is 0.143 e. The highest BCUT2D eigenvalue weighted by atomic mass is 15.5. The van der Waals surface area contributed by atoms with Crippen molar-refractivity contribution in [3.63, 3.8) is 0 Å². The summed E-state index contributed by atoms with van der Waals surface area (Å²) in [6, 6.07) is 6.11. The molecule has 0 amide bonds. The van der Waals surface area contributed by atoms with Gasteiger partial charge >= 0.3 is 0 Å². The molecule has 0 unspecified atom stereocenters. The molecule has 1 heterocycles. The summed E-state index contributed by atoms with van der Waals surface area (Å²) in [5, 5.41) is 9.81. The molecule has 0 aromatic carbocycles. The lowest BCUT2D eigenvalue weighted by Gasteiger charge is -2.28. The first-order valence-corrected chi connectivity index (χ1v) is 4.50. The molecule has 0 saturated carbocycles. The Labute approximate surface area is 79.1 Å². The van der Waals surface area contributed by atoms with E-state index in [1.165, 1.54) is 0 Å². The van der Waals surface area contributed by atoms with E-state index in [0.29, 0.717) is 11.5 Å². The van der Waals surface area contributed by atoms with E-state index in [-0.39, 0.29) is 0 Å². The number of aryl methyl sites for hydroxylation is 1. The molecule has 0 fully saturated rings. The van der Waals surface area contributed by atoms with Gasteiger partial charge in [-0.3, -0.25) is 5.41 Å². The van der Waals surface area contributed by atoms with Gasteiger partial charge in [0.25, 0.3) is 0 Å². The van der Waals surface area contributed by atoms with E-state index < -0.39 is 0 Å². The summed E-state index contributed by atoms with van der Waals surface area (Å²) in [7, 11) is 2.00. The molecule has 1 N–H and O–H groups in total. The molecular formula is C10H17N3. The van der Waals surface area contributed by atoms with E-state index in [1.807, 2.05) is 30.8 Å². The van der Waals surface area contributed by atoms with Crippen molar-refractivity contribution in [1.29, 1.82) is 5.41 Å². The number of rotatable bonds is 2. The zero-order chi connectivity index (χ0) is 10.0. The molecule has 3 heteroatoms. The highest BCUT2D eigenvalue weighted by Gasteiger charge is 2.05. The van der Waals surface area contributed by atoms with Crippen LogP contribution in [0.15, 0.2) is 18.2 Å². The van der Waals surface area contributed by atoms with Gasteiger partial charge in [0.2, 0.25) is 0 Å². The van der Waals surface area contributed by atoms with Gasteiger partial charge in [-0.25, -0.2) is 4.68 Å². The summed E-state index contributed by atoms with van der Waals surface area (Å²) in [5.41, 5.74) is 1.61. The predicted octanol–water partition coefficient (Wildman–Crippen LogP) is 1.25. The Kier molecular flexibility index (Phi) is 2.76. The second kappa shape index (κ2) is 3.64. The molecule has 0 bridgehead atoms. The summed E-state index contributed by atoms with van der Waals surface area (Å²) >= 11 is 0. The molecule has 0 atom stereocenters. The fourth-order valence-electron chi connectivity index (χ4n) is 1.26. The molecule has 72 valence electrons. The van der Waals surface area contributed by atoms with E-state index in [9.17, 15) is 0 Å². The van der Waals surface area contributed by atoms with Gasteiger partial charge in [-0.05, 0) is 32.9 Å². The van der Waals surface area contributed by atoms with Crippen LogP contribution in [-0.2, 0) is 0 Å². The standard InChI is InChI=1S/C10H17N3/c1-8(2)12(4)13-9(3)6-5-7-10(13)11/h5-8,11H,1-4H3. The van der Waals surface area contributed by atoms with Gasteiger partial charge in [-0.15, -0.1) is 0 Å². The minimum atomic E-state index is 0.398. The smallest absolute Gasteiger partial charge is 0.143 e. The molecule has 0 radical (unpaired) electrons. The van der Waals surface area contributed by atoms with Crippen molar-refractivity contribution in [1.82, 2.24) is 4.68 Å². The van der Waals surface area contributed by atoms with E-state index in [4.69, 9.17) is 5.41 Å². The van der Waals surface area contributed by atoms with Crippen LogP contribution in [0.5, 0.6) is 0 Å². The van der Waals surface area contributed by atoms with E-state index in [2.05, 4.69) is 18.9 Å². The van der Waals surface area contributed by atoms with Gasteiger partial charge in [0, 0.05) is 18.8 Å². The monoisotopic (exact) mass is 179 g/mol. The summed E-state index contributed by atoms with van der Waals surface area (Å²) in [4.78, 5) is 0. The Morgan fingerprint density at radius 3 is 2.46 bits per heavy atom. The maximum atomic E-state index is 7.76. The quantitative estimate of drug-likeness (QED) is 0.728. The van der Waals surface area contributed by atoms with Gasteiger partial charge in [0.05, 0.1) is 0 Å². The highest BCUT2D eigenvalue weighted by Crippen LogP contribution is 1.97. The zero-order valence-corrected chi connectivity index (χ0v) is 8.70. The molecule has 3 nitrogen and oxygen atoms in total. The molecule has 0 aliphatic carbocycles. The van der Waals surface area contributed by atoms with Crippen LogP contribution in [0.25, 0.3) is 0 Å². The summed E-state index contributed by atoms with van der Waals surface area (Å²) in [6.45, 7) is 6.23. The Morgan fingerprint density at radius 2 is 2.00 bits per heavy atom. The van der Waals surface area contributed by atoms with Gasteiger partial charge in [-0.2, -0.15) is 0 Å². The molecule has 0 spiro atoms. The molecule has 13 heavy (non-hydrogen) atoms. The van der Waals surface area contributed by atoms with Crippen LogP contribution in [0, 0.1) is 12.3 Å². The maximum absolute atomic E-state index is 7.76. The van der Waals surface area contributed by atoms with Crippen LogP contribution in [0.4, 0.5) is 0 Å². The summed E-state index contributed by atoms with van der Waals surface area (Å²) in [5.74, 6) is 0. The minimum absolute atomic E-state index is 0.398. The molecular weight excluding hydrogens is 162 g/mol. The lowest BCUT2D eigenvalue weighted by Crippen LogP contribution is -2.44. The average Bonchev–Trinajstić information content (AvgIpc) is 2.03. The first-order chi connectivity index (χ1) is 6.04. The van der Waals surface area contributed by atoms with Crippen LogP contribution in [-0.4, -0.2) is 17.8 Å². The van der Waals surface area contributed by atoms with Gasteiger partial charge in [0.15, 0.2) is 0 Å². The average molecular weight is 179 g/mol. The fraction of sp³-hybridized carbons (Fsp3) is 0.500. The molecule has 0 aliphatic rings. The summed E-state index contributed by atoms with van der Waals surface area (Å²) in [6.07, 6.45) is 0. The molecule has 1 rings (SSSR count).